The summed E-state index contributed by atoms with van der Waals surface area (Å²) in [6.45, 7) is 1.42. The zero-order valence-electron chi connectivity index (χ0n) is 15.8. The normalized spacial score (nSPS) is 15.5. The molecule has 0 radical (unpaired) electrons. The van der Waals surface area contributed by atoms with Gasteiger partial charge in [-0.2, -0.15) is 0 Å². The lowest BCUT2D eigenvalue weighted by molar-refractivity contribution is -0.114. The molecule has 0 unspecified atom stereocenters. The first-order valence-electron chi connectivity index (χ1n) is 9.45. The van der Waals surface area contributed by atoms with Crippen LogP contribution in [0.15, 0.2) is 38.8 Å². The number of carbonyl (C=O) groups is 1. The van der Waals surface area contributed by atoms with Crippen molar-refractivity contribution >= 4 is 23.5 Å². The summed E-state index contributed by atoms with van der Waals surface area (Å²) < 4.78 is 1.29. The Kier molecular flexibility index (Phi) is 6.08. The molecule has 1 amide bonds. The van der Waals surface area contributed by atoms with Crippen LogP contribution in [0.5, 0.6) is 5.88 Å². The van der Waals surface area contributed by atoms with Gasteiger partial charge in [0, 0.05) is 24.9 Å². The molecule has 1 aliphatic rings. The summed E-state index contributed by atoms with van der Waals surface area (Å²) in [6.07, 6.45) is 7.03. The maximum absolute atomic E-state index is 12.3. The number of H-pyrrole nitrogens is 1. The fourth-order valence-electron chi connectivity index (χ4n) is 3.50. The average molecular weight is 384 g/mol. The van der Waals surface area contributed by atoms with Gasteiger partial charge in [0.25, 0.3) is 5.56 Å². The number of benzene rings is 1. The van der Waals surface area contributed by atoms with E-state index in [-0.39, 0.29) is 23.4 Å². The number of hydrogen-bond donors (Lipinski definition) is 3. The van der Waals surface area contributed by atoms with Gasteiger partial charge < -0.3 is 10.4 Å². The van der Waals surface area contributed by atoms with Crippen molar-refractivity contribution in [1.29, 1.82) is 0 Å². The first kappa shape index (κ1) is 19.6. The highest BCUT2D eigenvalue weighted by atomic mass is 16.3. The quantitative estimate of drug-likeness (QED) is 0.555. The third kappa shape index (κ3) is 4.57. The van der Waals surface area contributed by atoms with Gasteiger partial charge in [-0.3, -0.25) is 24.1 Å². The molecule has 0 bridgehead atoms. The molecule has 0 aliphatic heterocycles. The summed E-state index contributed by atoms with van der Waals surface area (Å²) in [5.41, 5.74) is -0.138. The van der Waals surface area contributed by atoms with Gasteiger partial charge in [0.15, 0.2) is 0 Å². The van der Waals surface area contributed by atoms with Crippen molar-refractivity contribution in [2.45, 2.75) is 51.5 Å². The van der Waals surface area contributed by atoms with Crippen molar-refractivity contribution in [3.05, 3.63) is 50.7 Å². The van der Waals surface area contributed by atoms with Gasteiger partial charge in [-0.15, -0.1) is 0 Å². The minimum atomic E-state index is -0.675. The molecular weight excluding hydrogens is 360 g/mol. The van der Waals surface area contributed by atoms with Gasteiger partial charge in [0.1, 0.15) is 5.56 Å². The minimum Gasteiger partial charge on any atom is -0.494 e. The van der Waals surface area contributed by atoms with Crippen molar-refractivity contribution in [3.63, 3.8) is 0 Å². The fraction of sp³-hybridized carbons (Fsp3) is 0.400. The Morgan fingerprint density at radius 2 is 1.82 bits per heavy atom. The van der Waals surface area contributed by atoms with Crippen molar-refractivity contribution in [3.8, 4) is 5.88 Å². The van der Waals surface area contributed by atoms with Crippen LogP contribution in [0.3, 0.4) is 0 Å². The van der Waals surface area contributed by atoms with Crippen LogP contribution in [0.1, 0.15) is 57.1 Å². The Morgan fingerprint density at radius 3 is 2.43 bits per heavy atom. The highest BCUT2D eigenvalue weighted by Crippen LogP contribution is 2.29. The Hall–Kier alpha value is -3.16. The van der Waals surface area contributed by atoms with Gasteiger partial charge in [0.2, 0.25) is 11.8 Å². The molecule has 148 valence electrons. The van der Waals surface area contributed by atoms with Crippen LogP contribution in [0.25, 0.3) is 0 Å². The van der Waals surface area contributed by atoms with E-state index in [0.29, 0.717) is 11.4 Å². The van der Waals surface area contributed by atoms with E-state index in [0.717, 1.165) is 38.5 Å². The van der Waals surface area contributed by atoms with Crippen LogP contribution in [-0.4, -0.2) is 26.8 Å². The zero-order chi connectivity index (χ0) is 20.1. The van der Waals surface area contributed by atoms with Crippen molar-refractivity contribution < 1.29 is 9.90 Å². The second-order valence-corrected chi connectivity index (χ2v) is 7.00. The molecule has 1 saturated carbocycles. The number of carbonyl (C=O) groups excluding carboxylic acids is 1. The minimum absolute atomic E-state index is 0.0465. The number of aromatic amines is 1. The van der Waals surface area contributed by atoms with Crippen LogP contribution in [0.4, 0.5) is 11.4 Å². The van der Waals surface area contributed by atoms with E-state index in [1.807, 2.05) is 0 Å². The molecule has 2 aromatic rings. The number of aromatic hydroxyl groups is 1. The topological polar surface area (TPSA) is 117 Å². The number of aliphatic imine (C=N–C) groups is 1. The number of amides is 1. The number of nitrogens with zero attached hydrogens (tertiary/aromatic N) is 2. The molecule has 1 fully saturated rings. The summed E-state index contributed by atoms with van der Waals surface area (Å²) in [5, 5.41) is 13.3. The van der Waals surface area contributed by atoms with E-state index in [1.54, 1.807) is 24.3 Å². The SMILES string of the molecule is CC(=O)Nc1ccc(N=Cc2c(O)n(C3CCCCCC3)c(=O)[nH]c2=O)cc1. The van der Waals surface area contributed by atoms with Gasteiger partial charge in [-0.05, 0) is 37.1 Å². The van der Waals surface area contributed by atoms with Crippen molar-refractivity contribution in [2.75, 3.05) is 5.32 Å². The van der Waals surface area contributed by atoms with Crippen molar-refractivity contribution in [1.82, 2.24) is 9.55 Å². The summed E-state index contributed by atoms with van der Waals surface area (Å²) >= 11 is 0. The summed E-state index contributed by atoms with van der Waals surface area (Å²) in [5.74, 6) is -0.521. The summed E-state index contributed by atoms with van der Waals surface area (Å²) in [7, 11) is 0. The Balaban J connectivity index is 1.90. The Labute approximate surface area is 162 Å². The van der Waals surface area contributed by atoms with Gasteiger partial charge >= 0.3 is 5.69 Å². The fourth-order valence-corrected chi connectivity index (χ4v) is 3.50. The predicted octanol–water partition coefficient (Wildman–Crippen LogP) is 2.85. The Bertz CT molecular complexity index is 981. The summed E-state index contributed by atoms with van der Waals surface area (Å²) in [4.78, 5) is 42.1. The molecule has 1 aromatic heterocycles. The number of aromatic nitrogens is 2. The van der Waals surface area contributed by atoms with E-state index in [2.05, 4.69) is 15.3 Å². The molecule has 0 spiro atoms. The van der Waals surface area contributed by atoms with Crippen LogP contribution < -0.4 is 16.6 Å². The molecule has 8 nitrogen and oxygen atoms in total. The molecule has 28 heavy (non-hydrogen) atoms. The van der Waals surface area contributed by atoms with E-state index in [1.165, 1.54) is 17.7 Å². The molecule has 1 heterocycles. The number of nitrogens with one attached hydrogen (secondary N) is 2. The van der Waals surface area contributed by atoms with Crippen LogP contribution in [0.2, 0.25) is 0 Å². The molecule has 8 heteroatoms. The first-order valence-corrected chi connectivity index (χ1v) is 9.45. The molecule has 3 rings (SSSR count). The lowest BCUT2D eigenvalue weighted by Crippen LogP contribution is -2.34. The van der Waals surface area contributed by atoms with E-state index in [4.69, 9.17) is 0 Å². The standard InChI is InChI=1S/C20H24N4O4/c1-13(25)22-15-10-8-14(9-11-15)21-12-17-18(26)23-20(28)24(19(17)27)16-6-4-2-3-5-7-16/h8-12,16,27H,2-7H2,1H3,(H,22,25)(H,23,26,28). The molecule has 1 aliphatic carbocycles. The molecular formula is C20H24N4O4. The van der Waals surface area contributed by atoms with Crippen LogP contribution >= 0.6 is 0 Å². The highest BCUT2D eigenvalue weighted by molar-refractivity contribution is 5.89. The second kappa shape index (κ2) is 8.69. The van der Waals surface area contributed by atoms with Crippen LogP contribution in [-0.2, 0) is 4.79 Å². The Morgan fingerprint density at radius 1 is 1.18 bits per heavy atom. The second-order valence-electron chi connectivity index (χ2n) is 7.00. The molecule has 0 atom stereocenters. The first-order chi connectivity index (χ1) is 13.5. The number of hydrogen-bond acceptors (Lipinski definition) is 5. The zero-order valence-corrected chi connectivity index (χ0v) is 15.8. The largest absolute Gasteiger partial charge is 0.494 e. The van der Waals surface area contributed by atoms with E-state index < -0.39 is 11.2 Å². The number of rotatable bonds is 4. The van der Waals surface area contributed by atoms with E-state index >= 15 is 0 Å². The van der Waals surface area contributed by atoms with Gasteiger partial charge in [-0.1, -0.05) is 25.7 Å². The maximum Gasteiger partial charge on any atom is 0.331 e. The summed E-state index contributed by atoms with van der Waals surface area (Å²) in [6, 6.07) is 6.59. The lowest BCUT2D eigenvalue weighted by Gasteiger charge is -2.19. The van der Waals surface area contributed by atoms with Crippen molar-refractivity contribution in [2.24, 2.45) is 4.99 Å². The number of anilines is 1. The molecule has 3 N–H and O–H groups in total. The van der Waals surface area contributed by atoms with E-state index in [9.17, 15) is 19.5 Å². The van der Waals surface area contributed by atoms with Gasteiger partial charge in [-0.25, -0.2) is 4.79 Å². The third-order valence-corrected chi connectivity index (χ3v) is 4.87. The third-order valence-electron chi connectivity index (χ3n) is 4.87. The molecule has 1 aromatic carbocycles. The lowest BCUT2D eigenvalue weighted by atomic mass is 10.1. The smallest absolute Gasteiger partial charge is 0.331 e. The van der Waals surface area contributed by atoms with Gasteiger partial charge in [0.05, 0.1) is 5.69 Å². The maximum atomic E-state index is 12.3. The van der Waals surface area contributed by atoms with Crippen LogP contribution in [0, 0.1) is 0 Å². The monoisotopic (exact) mass is 384 g/mol. The predicted molar refractivity (Wildman–Crippen MR) is 108 cm³/mol. The highest BCUT2D eigenvalue weighted by Gasteiger charge is 2.21. The molecule has 0 saturated heterocycles. The average Bonchev–Trinajstić information content (AvgIpc) is 2.91.